The monoisotopic (exact) mass is 317 g/mol. The summed E-state index contributed by atoms with van der Waals surface area (Å²) in [6, 6.07) is 5.76. The molecule has 0 N–H and O–H groups in total. The second kappa shape index (κ2) is 5.40. The van der Waals surface area contributed by atoms with Crippen molar-refractivity contribution in [1.29, 1.82) is 5.26 Å². The van der Waals surface area contributed by atoms with Gasteiger partial charge in [-0.3, -0.25) is 4.40 Å². The van der Waals surface area contributed by atoms with Crippen molar-refractivity contribution in [2.45, 2.75) is 19.7 Å². The van der Waals surface area contributed by atoms with Crippen molar-refractivity contribution in [1.82, 2.24) is 9.38 Å². The number of rotatable bonds is 3. The number of benzene rings is 1. The number of hydrogen-bond donors (Lipinski definition) is 0. The van der Waals surface area contributed by atoms with Gasteiger partial charge in [0.05, 0.1) is 17.5 Å². The van der Waals surface area contributed by atoms with Crippen molar-refractivity contribution in [3.05, 3.63) is 46.1 Å². The third-order valence-electron chi connectivity index (χ3n) is 3.24. The fraction of sp³-hybridized carbons (Fsp3) is 0.200. The summed E-state index contributed by atoms with van der Waals surface area (Å²) in [5.74, 6) is 1.57. The molecule has 0 unspecified atom stereocenters. The zero-order chi connectivity index (χ0) is 15.0. The van der Waals surface area contributed by atoms with Gasteiger partial charge < -0.3 is 4.74 Å². The van der Waals surface area contributed by atoms with Crippen LogP contribution >= 0.6 is 22.9 Å². The topological polar surface area (TPSA) is 50.3 Å². The molecular weight excluding hydrogens is 306 g/mol. The zero-order valence-electron chi connectivity index (χ0n) is 11.6. The Labute approximate surface area is 131 Å². The number of fused-ring (bicyclic) bond motifs is 1. The lowest BCUT2D eigenvalue weighted by molar-refractivity contribution is 0.454. The molecule has 21 heavy (non-hydrogen) atoms. The lowest BCUT2D eigenvalue weighted by Crippen LogP contribution is -1.96. The van der Waals surface area contributed by atoms with Gasteiger partial charge in [0.1, 0.15) is 11.4 Å². The minimum atomic E-state index is 0.321. The van der Waals surface area contributed by atoms with Gasteiger partial charge in [0.2, 0.25) is 5.88 Å². The Bertz CT molecular complexity index is 837. The largest absolute Gasteiger partial charge is 0.437 e. The van der Waals surface area contributed by atoms with Crippen LogP contribution in [-0.2, 0) is 5.88 Å². The molecule has 0 aliphatic heterocycles. The maximum absolute atomic E-state index is 8.99. The molecule has 0 radical (unpaired) electrons. The Balaban J connectivity index is 2.06. The minimum absolute atomic E-state index is 0.321. The van der Waals surface area contributed by atoms with Crippen LogP contribution in [-0.4, -0.2) is 9.38 Å². The van der Waals surface area contributed by atoms with Crippen LogP contribution in [0.4, 0.5) is 0 Å². The second-order valence-electron chi connectivity index (χ2n) is 4.71. The molecule has 0 aliphatic carbocycles. The van der Waals surface area contributed by atoms with E-state index in [1.54, 1.807) is 12.1 Å². The average Bonchev–Trinajstić information content (AvgIpc) is 3.02. The van der Waals surface area contributed by atoms with Crippen molar-refractivity contribution in [2.24, 2.45) is 0 Å². The molecule has 0 atom stereocenters. The third-order valence-corrected chi connectivity index (χ3v) is 4.25. The predicted molar refractivity (Wildman–Crippen MR) is 83.3 cm³/mol. The average molecular weight is 318 g/mol. The van der Waals surface area contributed by atoms with Crippen molar-refractivity contribution in [3.63, 3.8) is 0 Å². The van der Waals surface area contributed by atoms with E-state index < -0.39 is 0 Å². The number of thiazole rings is 1. The Morgan fingerprint density at radius 1 is 1.38 bits per heavy atom. The number of aryl methyl sites for hydroxylation is 2. The molecular formula is C15H12ClN3OS. The Morgan fingerprint density at radius 2 is 2.10 bits per heavy atom. The van der Waals surface area contributed by atoms with Gasteiger partial charge in [0, 0.05) is 11.6 Å². The van der Waals surface area contributed by atoms with Crippen molar-refractivity contribution in [3.8, 4) is 17.7 Å². The summed E-state index contributed by atoms with van der Waals surface area (Å²) in [5.41, 5.74) is 3.27. The number of imidazole rings is 1. The Kier molecular flexibility index (Phi) is 3.58. The molecule has 1 aromatic carbocycles. The summed E-state index contributed by atoms with van der Waals surface area (Å²) in [6.07, 6.45) is 1.93. The third kappa shape index (κ3) is 2.37. The normalized spacial score (nSPS) is 10.8. The molecule has 0 saturated carbocycles. The molecule has 3 rings (SSSR count). The SMILES string of the molecule is Cc1cc(C#N)cc(C)c1Oc1nc2sccn2c1CCl. The van der Waals surface area contributed by atoms with Crippen LogP contribution < -0.4 is 4.74 Å². The minimum Gasteiger partial charge on any atom is -0.437 e. The van der Waals surface area contributed by atoms with E-state index >= 15 is 0 Å². The highest BCUT2D eigenvalue weighted by Crippen LogP contribution is 2.33. The predicted octanol–water partition coefficient (Wildman–Crippen LogP) is 4.42. The summed E-state index contributed by atoms with van der Waals surface area (Å²) in [4.78, 5) is 5.32. The summed E-state index contributed by atoms with van der Waals surface area (Å²) in [6.45, 7) is 3.84. The quantitative estimate of drug-likeness (QED) is 0.672. The van der Waals surface area contributed by atoms with E-state index in [0.29, 0.717) is 17.3 Å². The van der Waals surface area contributed by atoms with Crippen LogP contribution in [0.2, 0.25) is 0 Å². The van der Waals surface area contributed by atoms with Crippen LogP contribution in [0.15, 0.2) is 23.7 Å². The molecule has 106 valence electrons. The van der Waals surface area contributed by atoms with E-state index in [-0.39, 0.29) is 0 Å². The van der Waals surface area contributed by atoms with E-state index in [2.05, 4.69) is 11.1 Å². The van der Waals surface area contributed by atoms with Crippen molar-refractivity contribution in [2.75, 3.05) is 0 Å². The molecule has 6 heteroatoms. The standard InChI is InChI=1S/C15H12ClN3OS/c1-9-5-11(8-17)6-10(2)13(9)20-14-12(7-16)19-3-4-21-15(19)18-14/h3-6H,7H2,1-2H3. The highest BCUT2D eigenvalue weighted by atomic mass is 35.5. The first-order chi connectivity index (χ1) is 10.1. The molecule has 0 spiro atoms. The number of nitrogens with zero attached hydrogens (tertiary/aromatic N) is 3. The van der Waals surface area contributed by atoms with Crippen LogP contribution in [0, 0.1) is 25.2 Å². The summed E-state index contributed by atoms with van der Waals surface area (Å²) in [5, 5.41) is 11.0. The fourth-order valence-corrected chi connectivity index (χ4v) is 3.26. The van der Waals surface area contributed by atoms with Gasteiger partial charge in [0.25, 0.3) is 0 Å². The highest BCUT2D eigenvalue weighted by Gasteiger charge is 2.16. The molecule has 0 bridgehead atoms. The van der Waals surface area contributed by atoms with Gasteiger partial charge in [-0.25, -0.2) is 0 Å². The first-order valence-corrected chi connectivity index (χ1v) is 7.75. The lowest BCUT2D eigenvalue weighted by Gasteiger charge is -2.11. The fourth-order valence-electron chi connectivity index (χ4n) is 2.29. The van der Waals surface area contributed by atoms with E-state index in [4.69, 9.17) is 21.6 Å². The summed E-state index contributed by atoms with van der Waals surface area (Å²) < 4.78 is 7.92. The molecule has 3 aromatic rings. The zero-order valence-corrected chi connectivity index (χ0v) is 13.1. The van der Waals surface area contributed by atoms with Gasteiger partial charge in [-0.05, 0) is 37.1 Å². The van der Waals surface area contributed by atoms with E-state index in [9.17, 15) is 0 Å². The van der Waals surface area contributed by atoms with Crippen LogP contribution in [0.1, 0.15) is 22.4 Å². The number of hydrogen-bond acceptors (Lipinski definition) is 4. The van der Waals surface area contributed by atoms with Crippen molar-refractivity contribution < 1.29 is 4.74 Å². The molecule has 0 amide bonds. The van der Waals surface area contributed by atoms with Crippen LogP contribution in [0.25, 0.3) is 4.96 Å². The van der Waals surface area contributed by atoms with E-state index in [1.807, 2.05) is 29.8 Å². The van der Waals surface area contributed by atoms with E-state index in [1.165, 1.54) is 11.3 Å². The van der Waals surface area contributed by atoms with E-state index in [0.717, 1.165) is 27.5 Å². The highest BCUT2D eigenvalue weighted by molar-refractivity contribution is 7.15. The molecule has 4 nitrogen and oxygen atoms in total. The number of halogens is 1. The number of ether oxygens (including phenoxy) is 1. The van der Waals surface area contributed by atoms with Gasteiger partial charge in [-0.15, -0.1) is 22.9 Å². The second-order valence-corrected chi connectivity index (χ2v) is 5.85. The molecule has 2 heterocycles. The number of nitriles is 1. The van der Waals surface area contributed by atoms with Crippen LogP contribution in [0.5, 0.6) is 11.6 Å². The van der Waals surface area contributed by atoms with Gasteiger partial charge in [0.15, 0.2) is 4.96 Å². The van der Waals surface area contributed by atoms with Gasteiger partial charge >= 0.3 is 0 Å². The molecule has 0 fully saturated rings. The van der Waals surface area contributed by atoms with Gasteiger partial charge in [-0.1, -0.05) is 0 Å². The lowest BCUT2D eigenvalue weighted by atomic mass is 10.1. The smallest absolute Gasteiger partial charge is 0.243 e. The van der Waals surface area contributed by atoms with Crippen molar-refractivity contribution >= 4 is 27.9 Å². The summed E-state index contributed by atoms with van der Waals surface area (Å²) >= 11 is 7.56. The molecule has 2 aromatic heterocycles. The van der Waals surface area contributed by atoms with Gasteiger partial charge in [-0.2, -0.15) is 10.2 Å². The first kappa shape index (κ1) is 13.9. The Morgan fingerprint density at radius 3 is 2.71 bits per heavy atom. The Hall–Kier alpha value is -2.03. The maximum atomic E-state index is 8.99. The molecule has 0 aliphatic rings. The number of alkyl halides is 1. The van der Waals surface area contributed by atoms with Crippen LogP contribution in [0.3, 0.4) is 0 Å². The molecule has 0 saturated heterocycles. The maximum Gasteiger partial charge on any atom is 0.243 e. The number of aromatic nitrogens is 2. The first-order valence-electron chi connectivity index (χ1n) is 6.33. The summed E-state index contributed by atoms with van der Waals surface area (Å²) in [7, 11) is 0.